The summed E-state index contributed by atoms with van der Waals surface area (Å²) in [7, 11) is 0. The van der Waals surface area contributed by atoms with Crippen molar-refractivity contribution in [2.24, 2.45) is 5.92 Å². The molecule has 2 atom stereocenters. The fourth-order valence-corrected chi connectivity index (χ4v) is 2.72. The molecule has 3 heterocycles. The van der Waals surface area contributed by atoms with Gasteiger partial charge in [-0.05, 0) is 19.1 Å². The number of hydrogen-bond donors (Lipinski definition) is 2. The van der Waals surface area contributed by atoms with Gasteiger partial charge in [-0.25, -0.2) is 9.97 Å². The molecule has 1 saturated heterocycles. The van der Waals surface area contributed by atoms with Crippen molar-refractivity contribution in [2.45, 2.75) is 13.0 Å². The van der Waals surface area contributed by atoms with Crippen LogP contribution in [0.15, 0.2) is 35.3 Å². The number of furan rings is 1. The maximum Gasteiger partial charge on any atom is 0.287 e. The molecule has 3 rings (SSSR count). The van der Waals surface area contributed by atoms with Gasteiger partial charge >= 0.3 is 0 Å². The van der Waals surface area contributed by atoms with Crippen molar-refractivity contribution in [3.63, 3.8) is 0 Å². The van der Waals surface area contributed by atoms with Crippen molar-refractivity contribution in [3.05, 3.63) is 42.2 Å². The molecule has 0 spiro atoms. The Bertz CT molecular complexity index is 643. The summed E-state index contributed by atoms with van der Waals surface area (Å²) in [6.45, 7) is 3.05. The third kappa shape index (κ3) is 2.80. The Balaban J connectivity index is 1.71. The van der Waals surface area contributed by atoms with E-state index >= 15 is 0 Å². The average Bonchev–Trinajstić information content (AvgIpc) is 3.14. The standard InChI is InChI=1S/C15H18N4O3/c1-10-3-5-22-14(10)15(21)18-12-7-19(6-11(12)8-20)13-2-4-16-9-17-13/h2-5,9,11-12,20H,6-8H2,1H3,(H,18,21)/t11-,12+/m0/s1. The van der Waals surface area contributed by atoms with E-state index in [4.69, 9.17) is 4.42 Å². The molecule has 1 aliphatic heterocycles. The van der Waals surface area contributed by atoms with Crippen LogP contribution in [0.4, 0.5) is 5.82 Å². The van der Waals surface area contributed by atoms with Gasteiger partial charge in [0.2, 0.25) is 0 Å². The van der Waals surface area contributed by atoms with Crippen LogP contribution in [0.3, 0.4) is 0 Å². The minimum Gasteiger partial charge on any atom is -0.459 e. The molecule has 7 nitrogen and oxygen atoms in total. The zero-order valence-corrected chi connectivity index (χ0v) is 12.3. The third-order valence-corrected chi connectivity index (χ3v) is 3.95. The summed E-state index contributed by atoms with van der Waals surface area (Å²) in [5.41, 5.74) is 0.795. The average molecular weight is 302 g/mol. The van der Waals surface area contributed by atoms with E-state index in [9.17, 15) is 9.90 Å². The van der Waals surface area contributed by atoms with Crippen LogP contribution in [-0.2, 0) is 0 Å². The lowest BCUT2D eigenvalue weighted by Gasteiger charge is -2.17. The molecule has 0 aliphatic carbocycles. The van der Waals surface area contributed by atoms with Crippen molar-refractivity contribution >= 4 is 11.7 Å². The van der Waals surface area contributed by atoms with E-state index in [1.165, 1.54) is 12.6 Å². The van der Waals surface area contributed by atoms with Gasteiger partial charge in [0.25, 0.3) is 5.91 Å². The first-order valence-corrected chi connectivity index (χ1v) is 7.16. The number of aryl methyl sites for hydroxylation is 1. The van der Waals surface area contributed by atoms with Crippen molar-refractivity contribution < 1.29 is 14.3 Å². The first kappa shape index (κ1) is 14.5. The number of rotatable bonds is 4. The number of nitrogens with zero attached hydrogens (tertiary/aromatic N) is 3. The highest BCUT2D eigenvalue weighted by Crippen LogP contribution is 2.22. The molecule has 1 aliphatic rings. The molecule has 1 amide bonds. The first-order valence-electron chi connectivity index (χ1n) is 7.16. The van der Waals surface area contributed by atoms with E-state index in [-0.39, 0.29) is 24.5 Å². The monoisotopic (exact) mass is 302 g/mol. The van der Waals surface area contributed by atoms with E-state index in [0.29, 0.717) is 18.8 Å². The zero-order valence-electron chi connectivity index (χ0n) is 12.3. The van der Waals surface area contributed by atoms with Crippen molar-refractivity contribution in [2.75, 3.05) is 24.6 Å². The molecule has 7 heteroatoms. The Morgan fingerprint density at radius 3 is 3.00 bits per heavy atom. The number of nitrogens with one attached hydrogen (secondary N) is 1. The molecule has 0 saturated carbocycles. The van der Waals surface area contributed by atoms with Crippen LogP contribution >= 0.6 is 0 Å². The Labute approximate surface area is 128 Å². The van der Waals surface area contributed by atoms with Gasteiger partial charge in [0, 0.05) is 37.4 Å². The largest absolute Gasteiger partial charge is 0.459 e. The predicted molar refractivity (Wildman–Crippen MR) is 79.5 cm³/mol. The van der Waals surface area contributed by atoms with Crippen LogP contribution < -0.4 is 10.2 Å². The highest BCUT2D eigenvalue weighted by Gasteiger charge is 2.34. The van der Waals surface area contributed by atoms with Crippen LogP contribution in [0, 0.1) is 12.8 Å². The van der Waals surface area contributed by atoms with Gasteiger partial charge in [0.15, 0.2) is 5.76 Å². The van der Waals surface area contributed by atoms with E-state index < -0.39 is 0 Å². The second-order valence-corrected chi connectivity index (χ2v) is 5.43. The highest BCUT2D eigenvalue weighted by atomic mass is 16.3. The van der Waals surface area contributed by atoms with Crippen LogP contribution in [0.5, 0.6) is 0 Å². The van der Waals surface area contributed by atoms with Gasteiger partial charge in [-0.15, -0.1) is 0 Å². The quantitative estimate of drug-likeness (QED) is 0.859. The van der Waals surface area contributed by atoms with Gasteiger partial charge in [-0.3, -0.25) is 4.79 Å². The van der Waals surface area contributed by atoms with E-state index in [1.807, 2.05) is 17.9 Å². The molecule has 0 radical (unpaired) electrons. The zero-order chi connectivity index (χ0) is 15.5. The van der Waals surface area contributed by atoms with Crippen LogP contribution in [0.25, 0.3) is 0 Å². The van der Waals surface area contributed by atoms with Gasteiger partial charge < -0.3 is 19.7 Å². The maximum atomic E-state index is 12.3. The van der Waals surface area contributed by atoms with Crippen molar-refractivity contribution in [3.8, 4) is 0 Å². The minimum absolute atomic E-state index is 0.00364. The summed E-state index contributed by atoms with van der Waals surface area (Å²) in [6, 6.07) is 3.41. The summed E-state index contributed by atoms with van der Waals surface area (Å²) in [4.78, 5) is 22.4. The lowest BCUT2D eigenvalue weighted by atomic mass is 10.1. The van der Waals surface area contributed by atoms with E-state index in [1.54, 1.807) is 12.3 Å². The summed E-state index contributed by atoms with van der Waals surface area (Å²) < 4.78 is 5.21. The van der Waals surface area contributed by atoms with Gasteiger partial charge in [-0.1, -0.05) is 0 Å². The number of aromatic nitrogens is 2. The predicted octanol–water partition coefficient (Wildman–Crippen LogP) is 0.605. The van der Waals surface area contributed by atoms with Crippen LogP contribution in [0.1, 0.15) is 16.1 Å². The number of carbonyl (C=O) groups excluding carboxylic acids is 1. The topological polar surface area (TPSA) is 91.5 Å². The molecule has 0 unspecified atom stereocenters. The normalized spacial score (nSPS) is 21.1. The minimum atomic E-state index is -0.254. The highest BCUT2D eigenvalue weighted by molar-refractivity contribution is 5.93. The van der Waals surface area contributed by atoms with Crippen molar-refractivity contribution in [1.29, 1.82) is 0 Å². The molecule has 2 aromatic heterocycles. The van der Waals surface area contributed by atoms with Gasteiger partial charge in [-0.2, -0.15) is 0 Å². The van der Waals surface area contributed by atoms with E-state index in [0.717, 1.165) is 11.4 Å². The lowest BCUT2D eigenvalue weighted by molar-refractivity contribution is 0.0892. The summed E-state index contributed by atoms with van der Waals surface area (Å²) in [6.07, 6.45) is 4.66. The molecule has 116 valence electrons. The Hall–Kier alpha value is -2.41. The molecular formula is C15H18N4O3. The molecule has 2 aromatic rings. The van der Waals surface area contributed by atoms with Gasteiger partial charge in [0.1, 0.15) is 12.1 Å². The molecule has 0 bridgehead atoms. The Morgan fingerprint density at radius 1 is 1.50 bits per heavy atom. The number of anilines is 1. The fourth-order valence-electron chi connectivity index (χ4n) is 2.72. The second-order valence-electron chi connectivity index (χ2n) is 5.43. The first-order chi connectivity index (χ1) is 10.7. The molecule has 0 aromatic carbocycles. The number of aliphatic hydroxyl groups is 1. The Kier molecular flexibility index (Phi) is 4.06. The van der Waals surface area contributed by atoms with Gasteiger partial charge in [0.05, 0.1) is 12.3 Å². The smallest absolute Gasteiger partial charge is 0.287 e. The number of aliphatic hydroxyl groups excluding tert-OH is 1. The van der Waals surface area contributed by atoms with Crippen LogP contribution in [0.2, 0.25) is 0 Å². The summed E-state index contributed by atoms with van der Waals surface area (Å²) in [5.74, 6) is 0.807. The second kappa shape index (κ2) is 6.15. The van der Waals surface area contributed by atoms with Crippen LogP contribution in [-0.4, -0.2) is 46.7 Å². The fraction of sp³-hybridized carbons (Fsp3) is 0.400. The number of carbonyl (C=O) groups is 1. The number of hydrogen-bond acceptors (Lipinski definition) is 6. The molecule has 1 fully saturated rings. The Morgan fingerprint density at radius 2 is 2.36 bits per heavy atom. The maximum absolute atomic E-state index is 12.3. The summed E-state index contributed by atoms with van der Waals surface area (Å²) >= 11 is 0. The molecular weight excluding hydrogens is 284 g/mol. The number of amides is 1. The molecule has 2 N–H and O–H groups in total. The van der Waals surface area contributed by atoms with Crippen molar-refractivity contribution in [1.82, 2.24) is 15.3 Å². The lowest BCUT2D eigenvalue weighted by Crippen LogP contribution is -2.41. The van der Waals surface area contributed by atoms with E-state index in [2.05, 4.69) is 15.3 Å². The summed E-state index contributed by atoms with van der Waals surface area (Å²) in [5, 5.41) is 12.5. The molecule has 22 heavy (non-hydrogen) atoms. The third-order valence-electron chi connectivity index (χ3n) is 3.95. The SMILES string of the molecule is Cc1ccoc1C(=O)N[C@@H]1CN(c2ccncn2)C[C@H]1CO.